The molecule has 0 bridgehead atoms. The van der Waals surface area contributed by atoms with Gasteiger partial charge in [0.05, 0.1) is 14.2 Å². The highest BCUT2D eigenvalue weighted by molar-refractivity contribution is 8.00. The molecule has 0 atom stereocenters. The quantitative estimate of drug-likeness (QED) is 0.257. The number of hydrogen-bond donors (Lipinski definition) is 2. The zero-order chi connectivity index (χ0) is 19.3. The van der Waals surface area contributed by atoms with Crippen molar-refractivity contribution >= 4 is 29.1 Å². The number of thioether (sulfide) groups is 1. The maximum Gasteiger partial charge on any atom is 0.191 e. The second-order valence-corrected chi connectivity index (χ2v) is 7.86. The molecule has 0 amide bonds. The van der Waals surface area contributed by atoms with E-state index in [2.05, 4.69) is 33.6 Å². The Morgan fingerprint density at radius 3 is 2.78 bits per heavy atom. The number of methoxy groups -OCH3 is 2. The summed E-state index contributed by atoms with van der Waals surface area (Å²) in [6, 6.07) is 6.01. The van der Waals surface area contributed by atoms with E-state index in [0.717, 1.165) is 60.0 Å². The van der Waals surface area contributed by atoms with E-state index >= 15 is 0 Å². The number of thiazole rings is 1. The van der Waals surface area contributed by atoms with Gasteiger partial charge in [-0.3, -0.25) is 4.99 Å². The fourth-order valence-electron chi connectivity index (χ4n) is 2.40. The lowest BCUT2D eigenvalue weighted by molar-refractivity contribution is 0.354. The van der Waals surface area contributed by atoms with Crippen molar-refractivity contribution in [3.05, 3.63) is 35.3 Å². The third kappa shape index (κ3) is 7.68. The number of hydrogen-bond acceptors (Lipinski definition) is 6. The number of nitrogens with one attached hydrogen (secondary N) is 2. The van der Waals surface area contributed by atoms with E-state index in [-0.39, 0.29) is 0 Å². The molecule has 0 aliphatic carbocycles. The van der Waals surface area contributed by atoms with Crippen molar-refractivity contribution < 1.29 is 9.47 Å². The second-order valence-electron chi connectivity index (χ2n) is 5.63. The molecule has 1 heterocycles. The molecule has 27 heavy (non-hydrogen) atoms. The normalized spacial score (nSPS) is 11.3. The first-order chi connectivity index (χ1) is 13.3. The summed E-state index contributed by atoms with van der Waals surface area (Å²) >= 11 is 3.47. The van der Waals surface area contributed by atoms with Crippen molar-refractivity contribution in [3.63, 3.8) is 0 Å². The fourth-order valence-corrected chi connectivity index (χ4v) is 4.03. The minimum atomic E-state index is 0.750. The monoisotopic (exact) mass is 408 g/mol. The molecule has 2 rings (SSSR count). The topological polar surface area (TPSA) is 67.8 Å². The molecule has 0 unspecified atom stereocenters. The van der Waals surface area contributed by atoms with Crippen molar-refractivity contribution in [2.24, 2.45) is 4.99 Å². The first-order valence-corrected chi connectivity index (χ1v) is 10.9. The summed E-state index contributed by atoms with van der Waals surface area (Å²) in [7, 11) is 3.30. The van der Waals surface area contributed by atoms with E-state index < -0.39 is 0 Å². The van der Waals surface area contributed by atoms with E-state index in [1.54, 1.807) is 37.3 Å². The summed E-state index contributed by atoms with van der Waals surface area (Å²) in [5, 5.41) is 8.69. The summed E-state index contributed by atoms with van der Waals surface area (Å²) in [6.45, 7) is 4.51. The Labute approximate surface area is 169 Å². The highest BCUT2D eigenvalue weighted by Gasteiger charge is 2.05. The smallest absolute Gasteiger partial charge is 0.191 e. The minimum Gasteiger partial charge on any atom is -0.493 e. The van der Waals surface area contributed by atoms with Gasteiger partial charge in [-0.1, -0.05) is 17.8 Å². The molecule has 148 valence electrons. The first-order valence-electron chi connectivity index (χ1n) is 9.02. The number of aliphatic imine (C=N–C) groups is 1. The summed E-state index contributed by atoms with van der Waals surface area (Å²) in [4.78, 5) is 8.92. The van der Waals surface area contributed by atoms with Gasteiger partial charge in [0.1, 0.15) is 4.34 Å². The molecule has 0 radical (unpaired) electrons. The molecule has 8 heteroatoms. The van der Waals surface area contributed by atoms with Crippen LogP contribution in [-0.2, 0) is 6.42 Å². The third-order valence-electron chi connectivity index (χ3n) is 3.71. The van der Waals surface area contributed by atoms with Crippen LogP contribution in [0.3, 0.4) is 0 Å². The van der Waals surface area contributed by atoms with Crippen LogP contribution in [0.5, 0.6) is 11.5 Å². The van der Waals surface area contributed by atoms with Gasteiger partial charge in [-0.25, -0.2) is 4.98 Å². The van der Waals surface area contributed by atoms with E-state index in [9.17, 15) is 0 Å². The summed E-state index contributed by atoms with van der Waals surface area (Å²) in [5.74, 6) is 3.40. The average molecular weight is 409 g/mol. The highest BCUT2D eigenvalue weighted by atomic mass is 32.2. The lowest BCUT2D eigenvalue weighted by atomic mass is 10.1. The number of ether oxygens (including phenoxy) is 2. The molecular weight excluding hydrogens is 380 g/mol. The lowest BCUT2D eigenvalue weighted by Gasteiger charge is -2.12. The predicted octanol–water partition coefficient (Wildman–Crippen LogP) is 3.44. The maximum atomic E-state index is 5.36. The molecule has 1 aromatic carbocycles. The number of rotatable bonds is 11. The molecule has 2 N–H and O–H groups in total. The van der Waals surface area contributed by atoms with Crippen LogP contribution in [0, 0.1) is 0 Å². The van der Waals surface area contributed by atoms with E-state index in [4.69, 9.17) is 9.47 Å². The molecule has 2 aromatic rings. The molecular formula is C19H28N4O2S2. The standard InChI is InChI=1S/C19H28N4O2S2/c1-4-20-18(21-9-5-12-26-19-23-11-13-27-19)22-10-8-15-6-7-16(24-2)17(14-15)25-3/h6-7,11,13-14H,4-5,8-10,12H2,1-3H3,(H2,20,21,22). The Hall–Kier alpha value is -1.93. The summed E-state index contributed by atoms with van der Waals surface area (Å²) in [6.07, 6.45) is 3.75. The maximum absolute atomic E-state index is 5.36. The minimum absolute atomic E-state index is 0.750. The number of aromatic nitrogens is 1. The van der Waals surface area contributed by atoms with E-state index in [1.165, 1.54) is 5.56 Å². The SMILES string of the molecule is CCNC(=NCCCSc1nccs1)NCCc1ccc(OC)c(OC)c1. The van der Waals surface area contributed by atoms with Gasteiger partial charge < -0.3 is 20.1 Å². The van der Waals surface area contributed by atoms with Crippen molar-refractivity contribution in [1.82, 2.24) is 15.6 Å². The average Bonchev–Trinajstić information content (AvgIpc) is 3.21. The Balaban J connectivity index is 1.74. The molecule has 0 spiro atoms. The van der Waals surface area contributed by atoms with E-state index in [0.29, 0.717) is 0 Å². The van der Waals surface area contributed by atoms with Gasteiger partial charge in [-0.15, -0.1) is 11.3 Å². The first kappa shape index (κ1) is 21.4. The van der Waals surface area contributed by atoms with Crippen molar-refractivity contribution in [3.8, 4) is 11.5 Å². The number of benzene rings is 1. The zero-order valence-corrected chi connectivity index (χ0v) is 17.8. The van der Waals surface area contributed by atoms with Crippen LogP contribution in [0.2, 0.25) is 0 Å². The van der Waals surface area contributed by atoms with Crippen LogP contribution in [0.15, 0.2) is 39.1 Å². The molecule has 0 aliphatic rings. The Bertz CT molecular complexity index is 693. The van der Waals surface area contributed by atoms with Crippen molar-refractivity contribution in [1.29, 1.82) is 0 Å². The lowest BCUT2D eigenvalue weighted by Crippen LogP contribution is -2.38. The zero-order valence-electron chi connectivity index (χ0n) is 16.2. The number of guanidine groups is 1. The summed E-state index contributed by atoms with van der Waals surface area (Å²) < 4.78 is 11.8. The molecule has 0 aliphatic heterocycles. The van der Waals surface area contributed by atoms with Gasteiger partial charge in [0.15, 0.2) is 17.5 Å². The van der Waals surface area contributed by atoms with E-state index in [1.807, 2.05) is 23.7 Å². The summed E-state index contributed by atoms with van der Waals surface area (Å²) in [5.41, 5.74) is 1.19. The van der Waals surface area contributed by atoms with Crippen LogP contribution in [0.4, 0.5) is 0 Å². The van der Waals surface area contributed by atoms with Gasteiger partial charge in [-0.2, -0.15) is 0 Å². The molecule has 0 fully saturated rings. The largest absolute Gasteiger partial charge is 0.493 e. The Morgan fingerprint density at radius 1 is 1.22 bits per heavy atom. The van der Waals surface area contributed by atoms with Gasteiger partial charge in [0.2, 0.25) is 0 Å². The number of nitrogens with zero attached hydrogens (tertiary/aromatic N) is 2. The van der Waals surface area contributed by atoms with Crippen LogP contribution in [-0.4, -0.2) is 50.6 Å². The van der Waals surface area contributed by atoms with Gasteiger partial charge in [0, 0.05) is 37.0 Å². The van der Waals surface area contributed by atoms with Gasteiger partial charge >= 0.3 is 0 Å². The molecule has 6 nitrogen and oxygen atoms in total. The Morgan fingerprint density at radius 2 is 2.07 bits per heavy atom. The van der Waals surface area contributed by atoms with Gasteiger partial charge in [0.25, 0.3) is 0 Å². The second kappa shape index (κ2) is 12.5. The molecule has 0 saturated heterocycles. The van der Waals surface area contributed by atoms with Crippen LogP contribution in [0.1, 0.15) is 18.9 Å². The molecule has 0 saturated carbocycles. The third-order valence-corrected chi connectivity index (χ3v) is 5.76. The van der Waals surface area contributed by atoms with Crippen LogP contribution >= 0.6 is 23.1 Å². The predicted molar refractivity (Wildman–Crippen MR) is 115 cm³/mol. The van der Waals surface area contributed by atoms with Crippen LogP contribution < -0.4 is 20.1 Å². The fraction of sp³-hybridized carbons (Fsp3) is 0.474. The van der Waals surface area contributed by atoms with Crippen molar-refractivity contribution in [2.45, 2.75) is 24.1 Å². The van der Waals surface area contributed by atoms with Crippen molar-refractivity contribution in [2.75, 3.05) is 39.6 Å². The Kier molecular flexibility index (Phi) is 9.86. The van der Waals surface area contributed by atoms with Crippen LogP contribution in [0.25, 0.3) is 0 Å². The highest BCUT2D eigenvalue weighted by Crippen LogP contribution is 2.27. The molecule has 1 aromatic heterocycles. The van der Waals surface area contributed by atoms with Gasteiger partial charge in [-0.05, 0) is 37.5 Å².